The molecule has 5 nitrogen and oxygen atoms in total. The van der Waals surface area contributed by atoms with Gasteiger partial charge in [-0.05, 0) is 11.4 Å². The predicted molar refractivity (Wildman–Crippen MR) is 74.3 cm³/mol. The highest BCUT2D eigenvalue weighted by Gasteiger charge is 2.15. The smallest absolute Gasteiger partial charge is 0.213 e. The highest BCUT2D eigenvalue weighted by Crippen LogP contribution is 2.08. The van der Waals surface area contributed by atoms with Crippen LogP contribution < -0.4 is 10.0 Å². The maximum absolute atomic E-state index is 11.8. The fourth-order valence-electron chi connectivity index (χ4n) is 1.85. The van der Waals surface area contributed by atoms with E-state index in [4.69, 9.17) is 0 Å². The van der Waals surface area contributed by atoms with E-state index in [1.807, 2.05) is 17.5 Å². The van der Waals surface area contributed by atoms with Crippen molar-refractivity contribution in [1.82, 2.24) is 14.9 Å². The van der Waals surface area contributed by atoms with Gasteiger partial charge in [-0.25, -0.2) is 13.1 Å². The molecular formula is C11H19N3O2S2. The van der Waals surface area contributed by atoms with Gasteiger partial charge in [0.1, 0.15) is 0 Å². The molecule has 0 spiro atoms. The van der Waals surface area contributed by atoms with Crippen LogP contribution >= 0.6 is 11.3 Å². The molecule has 1 saturated heterocycles. The molecule has 0 aliphatic carbocycles. The Balaban J connectivity index is 1.73. The van der Waals surface area contributed by atoms with Gasteiger partial charge in [-0.15, -0.1) is 11.3 Å². The molecule has 0 atom stereocenters. The number of rotatable bonds is 6. The summed E-state index contributed by atoms with van der Waals surface area (Å²) in [7, 11) is -3.16. The fourth-order valence-corrected chi connectivity index (χ4v) is 3.60. The number of nitrogens with one attached hydrogen (secondary N) is 2. The lowest BCUT2D eigenvalue weighted by Gasteiger charge is -2.26. The van der Waals surface area contributed by atoms with E-state index in [2.05, 4.69) is 14.9 Å². The van der Waals surface area contributed by atoms with Crippen LogP contribution in [0.4, 0.5) is 0 Å². The van der Waals surface area contributed by atoms with Crippen LogP contribution in [0.1, 0.15) is 4.88 Å². The van der Waals surface area contributed by atoms with Crippen LogP contribution in [-0.2, 0) is 16.6 Å². The van der Waals surface area contributed by atoms with Gasteiger partial charge in [0.2, 0.25) is 10.0 Å². The third-order valence-electron chi connectivity index (χ3n) is 2.93. The maximum Gasteiger partial charge on any atom is 0.213 e. The van der Waals surface area contributed by atoms with E-state index in [0.717, 1.165) is 31.1 Å². The van der Waals surface area contributed by atoms with E-state index >= 15 is 0 Å². The fraction of sp³-hybridized carbons (Fsp3) is 0.636. The zero-order chi connectivity index (χ0) is 12.8. The average molecular weight is 289 g/mol. The first-order valence-electron chi connectivity index (χ1n) is 6.08. The Hall–Kier alpha value is -0.470. The monoisotopic (exact) mass is 289 g/mol. The van der Waals surface area contributed by atoms with Crippen molar-refractivity contribution >= 4 is 21.4 Å². The van der Waals surface area contributed by atoms with E-state index in [0.29, 0.717) is 13.1 Å². The number of sulfonamides is 1. The minimum Gasteiger partial charge on any atom is -0.314 e. The second kappa shape index (κ2) is 6.63. The number of thiophene rings is 1. The Kier molecular flexibility index (Phi) is 5.13. The van der Waals surface area contributed by atoms with Gasteiger partial charge in [0.25, 0.3) is 0 Å². The van der Waals surface area contributed by atoms with Crippen LogP contribution in [0, 0.1) is 0 Å². The van der Waals surface area contributed by atoms with Gasteiger partial charge in [0, 0.05) is 44.1 Å². The minimum absolute atomic E-state index is 0.179. The topological polar surface area (TPSA) is 61.4 Å². The molecule has 18 heavy (non-hydrogen) atoms. The van der Waals surface area contributed by atoms with E-state index < -0.39 is 10.0 Å². The summed E-state index contributed by atoms with van der Waals surface area (Å²) < 4.78 is 26.3. The molecule has 102 valence electrons. The van der Waals surface area contributed by atoms with Crippen molar-refractivity contribution < 1.29 is 8.42 Å². The zero-order valence-electron chi connectivity index (χ0n) is 10.3. The maximum atomic E-state index is 11.8. The second-order valence-corrected chi connectivity index (χ2v) is 7.27. The zero-order valence-corrected chi connectivity index (χ0v) is 11.9. The van der Waals surface area contributed by atoms with Gasteiger partial charge >= 0.3 is 0 Å². The Morgan fingerprint density at radius 3 is 2.83 bits per heavy atom. The molecule has 7 heteroatoms. The van der Waals surface area contributed by atoms with Gasteiger partial charge in [0.15, 0.2) is 0 Å². The van der Waals surface area contributed by atoms with Crippen molar-refractivity contribution in [1.29, 1.82) is 0 Å². The molecule has 0 bridgehead atoms. The third-order valence-corrected chi connectivity index (χ3v) is 5.11. The largest absolute Gasteiger partial charge is 0.314 e. The first-order valence-corrected chi connectivity index (χ1v) is 8.62. The highest BCUT2D eigenvalue weighted by atomic mass is 32.2. The summed E-state index contributed by atoms with van der Waals surface area (Å²) in [6, 6.07) is 3.86. The highest BCUT2D eigenvalue weighted by molar-refractivity contribution is 7.89. The van der Waals surface area contributed by atoms with Gasteiger partial charge < -0.3 is 5.32 Å². The van der Waals surface area contributed by atoms with Crippen molar-refractivity contribution in [3.8, 4) is 0 Å². The molecule has 0 saturated carbocycles. The van der Waals surface area contributed by atoms with E-state index in [1.54, 1.807) is 11.3 Å². The predicted octanol–water partition coefficient (Wildman–Crippen LogP) is 0.0727. The third kappa shape index (κ3) is 4.66. The molecule has 1 fully saturated rings. The van der Waals surface area contributed by atoms with Gasteiger partial charge in [-0.2, -0.15) is 0 Å². The summed E-state index contributed by atoms with van der Waals surface area (Å²) in [5, 5.41) is 5.20. The molecule has 2 heterocycles. The summed E-state index contributed by atoms with van der Waals surface area (Å²) in [6.45, 7) is 4.77. The first-order chi connectivity index (χ1) is 8.66. The molecule has 1 aromatic heterocycles. The molecule has 2 rings (SSSR count). The number of piperazine rings is 1. The van der Waals surface area contributed by atoms with Gasteiger partial charge in [-0.3, -0.25) is 4.90 Å². The molecule has 0 aromatic carbocycles. The van der Waals surface area contributed by atoms with Crippen molar-refractivity contribution in [3.05, 3.63) is 22.4 Å². The van der Waals surface area contributed by atoms with Crippen LogP contribution in [-0.4, -0.2) is 51.8 Å². The van der Waals surface area contributed by atoms with E-state index in [1.165, 1.54) is 0 Å². The average Bonchev–Trinajstić information content (AvgIpc) is 2.89. The van der Waals surface area contributed by atoms with Crippen LogP contribution in [0.25, 0.3) is 0 Å². The summed E-state index contributed by atoms with van der Waals surface area (Å²) in [4.78, 5) is 3.22. The Morgan fingerprint density at radius 1 is 1.39 bits per heavy atom. The molecule has 0 radical (unpaired) electrons. The quantitative estimate of drug-likeness (QED) is 0.778. The second-order valence-electron chi connectivity index (χ2n) is 4.31. The molecule has 2 N–H and O–H groups in total. The lowest BCUT2D eigenvalue weighted by molar-refractivity contribution is 0.253. The minimum atomic E-state index is -3.16. The van der Waals surface area contributed by atoms with E-state index in [9.17, 15) is 8.42 Å². The van der Waals surface area contributed by atoms with Gasteiger partial charge in [0.05, 0.1) is 5.75 Å². The number of hydrogen-bond donors (Lipinski definition) is 2. The van der Waals surface area contributed by atoms with Crippen LogP contribution in [0.3, 0.4) is 0 Å². The van der Waals surface area contributed by atoms with Crippen molar-refractivity contribution in [2.45, 2.75) is 6.54 Å². The Bertz CT molecular complexity index is 439. The summed E-state index contributed by atoms with van der Waals surface area (Å²) in [5.41, 5.74) is 0. The molecule has 0 amide bonds. The Labute approximate surface area is 112 Å². The summed E-state index contributed by atoms with van der Waals surface area (Å²) in [6.07, 6.45) is 0. The molecule has 1 aliphatic heterocycles. The SMILES string of the molecule is O=S(=O)(CCN1CCNCC1)NCc1cccs1. The van der Waals surface area contributed by atoms with Crippen molar-refractivity contribution in [2.75, 3.05) is 38.5 Å². The number of hydrogen-bond acceptors (Lipinski definition) is 5. The van der Waals surface area contributed by atoms with E-state index in [-0.39, 0.29) is 5.75 Å². The van der Waals surface area contributed by atoms with Gasteiger partial charge in [-0.1, -0.05) is 6.07 Å². The standard InChI is InChI=1S/C11H19N3O2S2/c15-18(16,13-10-11-2-1-8-17-11)9-7-14-5-3-12-4-6-14/h1-2,8,12-13H,3-7,9-10H2. The summed E-state index contributed by atoms with van der Waals surface area (Å²) in [5.74, 6) is 0.179. The molecule has 0 unspecified atom stereocenters. The summed E-state index contributed by atoms with van der Waals surface area (Å²) >= 11 is 1.56. The normalized spacial score (nSPS) is 18.0. The van der Waals surface area contributed by atoms with Crippen molar-refractivity contribution in [2.24, 2.45) is 0 Å². The van der Waals surface area contributed by atoms with Crippen LogP contribution in [0.5, 0.6) is 0 Å². The molecule has 1 aliphatic rings. The van der Waals surface area contributed by atoms with Crippen LogP contribution in [0.15, 0.2) is 17.5 Å². The first kappa shape index (κ1) is 14.0. The molecular weight excluding hydrogens is 270 g/mol. The Morgan fingerprint density at radius 2 is 2.17 bits per heavy atom. The lowest BCUT2D eigenvalue weighted by Crippen LogP contribution is -2.45. The molecule has 1 aromatic rings. The number of nitrogens with zero attached hydrogens (tertiary/aromatic N) is 1. The lowest BCUT2D eigenvalue weighted by atomic mass is 10.4. The van der Waals surface area contributed by atoms with Crippen molar-refractivity contribution in [3.63, 3.8) is 0 Å². The van der Waals surface area contributed by atoms with Crippen LogP contribution in [0.2, 0.25) is 0 Å².